The first-order valence-electron chi connectivity index (χ1n) is 10.1. The number of piperazine rings is 1. The smallest absolute Gasteiger partial charge is 0.308 e. The molecule has 1 heterocycles. The van der Waals surface area contributed by atoms with Gasteiger partial charge in [0.05, 0.1) is 7.11 Å². The maximum absolute atomic E-state index is 11.1. The van der Waals surface area contributed by atoms with Crippen LogP contribution in [-0.2, 0) is 4.79 Å². The molecule has 0 spiro atoms. The summed E-state index contributed by atoms with van der Waals surface area (Å²) in [6.45, 7) is 7.05. The van der Waals surface area contributed by atoms with Crippen LogP contribution in [-0.4, -0.2) is 61.6 Å². The van der Waals surface area contributed by atoms with Gasteiger partial charge in [-0.15, -0.1) is 0 Å². The number of hydrogen-bond donors (Lipinski definition) is 0. The molecular weight excluding hydrogens is 340 g/mol. The van der Waals surface area contributed by atoms with Crippen LogP contribution in [0.4, 0.5) is 0 Å². The third-order valence-electron chi connectivity index (χ3n) is 5.61. The SMILES string of the molecule is COc1cc(C=CCN2CCN(C3CCCCC3)CC2)ccc1OC(C)=O. The second-order valence-corrected chi connectivity index (χ2v) is 7.53. The van der Waals surface area contributed by atoms with E-state index < -0.39 is 0 Å². The molecule has 5 nitrogen and oxygen atoms in total. The van der Waals surface area contributed by atoms with E-state index in [0.717, 1.165) is 31.2 Å². The van der Waals surface area contributed by atoms with Crippen molar-refractivity contribution in [3.05, 3.63) is 29.8 Å². The summed E-state index contributed by atoms with van der Waals surface area (Å²) in [5.41, 5.74) is 1.04. The molecule has 1 aliphatic heterocycles. The van der Waals surface area contributed by atoms with E-state index in [9.17, 15) is 4.79 Å². The summed E-state index contributed by atoms with van der Waals surface area (Å²) in [5.74, 6) is 0.693. The van der Waals surface area contributed by atoms with Crippen LogP contribution >= 0.6 is 0 Å². The van der Waals surface area contributed by atoms with E-state index in [4.69, 9.17) is 9.47 Å². The third kappa shape index (κ3) is 5.81. The summed E-state index contributed by atoms with van der Waals surface area (Å²) in [7, 11) is 1.58. The number of nitrogens with zero attached hydrogens (tertiary/aromatic N) is 2. The highest BCUT2D eigenvalue weighted by Gasteiger charge is 2.24. The molecule has 0 aromatic heterocycles. The lowest BCUT2D eigenvalue weighted by atomic mass is 9.94. The highest BCUT2D eigenvalue weighted by molar-refractivity contribution is 5.71. The quantitative estimate of drug-likeness (QED) is 0.564. The standard InChI is InChI=1S/C22H32N2O3/c1-18(25)27-21-11-10-19(17-22(21)26-2)7-6-12-23-13-15-24(16-14-23)20-8-4-3-5-9-20/h6-7,10-11,17,20H,3-5,8-9,12-16H2,1-2H3. The monoisotopic (exact) mass is 372 g/mol. The third-order valence-corrected chi connectivity index (χ3v) is 5.61. The van der Waals surface area contributed by atoms with Crippen LogP contribution in [0.15, 0.2) is 24.3 Å². The lowest BCUT2D eigenvalue weighted by Crippen LogP contribution is -2.50. The number of esters is 1. The van der Waals surface area contributed by atoms with Crippen LogP contribution in [0, 0.1) is 0 Å². The van der Waals surface area contributed by atoms with Crippen molar-refractivity contribution < 1.29 is 14.3 Å². The number of carbonyl (C=O) groups is 1. The molecule has 0 unspecified atom stereocenters. The number of methoxy groups -OCH3 is 1. The topological polar surface area (TPSA) is 42.0 Å². The molecule has 1 aromatic carbocycles. The second kappa shape index (κ2) is 9.90. The molecule has 0 radical (unpaired) electrons. The van der Waals surface area contributed by atoms with E-state index in [0.29, 0.717) is 11.5 Å². The Morgan fingerprint density at radius 3 is 2.52 bits per heavy atom. The van der Waals surface area contributed by atoms with Crippen molar-refractivity contribution in [2.75, 3.05) is 39.8 Å². The summed E-state index contributed by atoms with van der Waals surface area (Å²) in [6.07, 6.45) is 11.3. The molecule has 27 heavy (non-hydrogen) atoms. The number of rotatable bonds is 6. The van der Waals surface area contributed by atoms with Gasteiger partial charge in [0.1, 0.15) is 0 Å². The molecule has 0 atom stereocenters. The fourth-order valence-electron chi connectivity index (χ4n) is 4.12. The molecule has 148 valence electrons. The average Bonchev–Trinajstić information content (AvgIpc) is 2.70. The molecular formula is C22H32N2O3. The Balaban J connectivity index is 1.47. The first kappa shape index (κ1) is 19.9. The molecule has 1 aliphatic carbocycles. The van der Waals surface area contributed by atoms with Crippen LogP contribution in [0.25, 0.3) is 6.08 Å². The fourth-order valence-corrected chi connectivity index (χ4v) is 4.12. The minimum atomic E-state index is -0.344. The van der Waals surface area contributed by atoms with Gasteiger partial charge >= 0.3 is 5.97 Å². The van der Waals surface area contributed by atoms with Gasteiger partial charge in [0.2, 0.25) is 0 Å². The molecule has 2 aliphatic rings. The first-order valence-corrected chi connectivity index (χ1v) is 10.1. The predicted octanol–water partition coefficient (Wildman–Crippen LogP) is 3.58. The highest BCUT2D eigenvalue weighted by Crippen LogP contribution is 2.28. The summed E-state index contributed by atoms with van der Waals surface area (Å²) >= 11 is 0. The number of ether oxygens (including phenoxy) is 2. The molecule has 0 N–H and O–H groups in total. The van der Waals surface area contributed by atoms with Crippen LogP contribution in [0.3, 0.4) is 0 Å². The minimum Gasteiger partial charge on any atom is -0.493 e. The van der Waals surface area contributed by atoms with Gasteiger partial charge in [0.15, 0.2) is 11.5 Å². The zero-order valence-corrected chi connectivity index (χ0v) is 16.7. The van der Waals surface area contributed by atoms with Crippen molar-refractivity contribution in [3.8, 4) is 11.5 Å². The van der Waals surface area contributed by atoms with E-state index in [2.05, 4.69) is 22.0 Å². The Labute approximate surface area is 162 Å². The molecule has 1 saturated carbocycles. The van der Waals surface area contributed by atoms with E-state index in [-0.39, 0.29) is 5.97 Å². The zero-order valence-electron chi connectivity index (χ0n) is 16.7. The van der Waals surface area contributed by atoms with Crippen LogP contribution in [0.1, 0.15) is 44.6 Å². The van der Waals surface area contributed by atoms with Gasteiger partial charge in [-0.3, -0.25) is 14.6 Å². The van der Waals surface area contributed by atoms with Gasteiger partial charge in [0, 0.05) is 45.7 Å². The van der Waals surface area contributed by atoms with E-state index >= 15 is 0 Å². The van der Waals surface area contributed by atoms with Crippen molar-refractivity contribution in [3.63, 3.8) is 0 Å². The van der Waals surface area contributed by atoms with E-state index in [1.807, 2.05) is 12.1 Å². The lowest BCUT2D eigenvalue weighted by molar-refractivity contribution is -0.132. The molecule has 3 rings (SSSR count). The first-order chi connectivity index (χ1) is 13.2. The zero-order chi connectivity index (χ0) is 19.1. The van der Waals surface area contributed by atoms with Gasteiger partial charge in [0.25, 0.3) is 0 Å². The van der Waals surface area contributed by atoms with Crippen LogP contribution in [0.5, 0.6) is 11.5 Å². The molecule has 2 fully saturated rings. The fraction of sp³-hybridized carbons (Fsp3) is 0.591. The maximum Gasteiger partial charge on any atom is 0.308 e. The Morgan fingerprint density at radius 1 is 1.11 bits per heavy atom. The second-order valence-electron chi connectivity index (χ2n) is 7.53. The normalized spacial score (nSPS) is 20.1. The van der Waals surface area contributed by atoms with Crippen LogP contribution < -0.4 is 9.47 Å². The summed E-state index contributed by atoms with van der Waals surface area (Å²) in [4.78, 5) is 16.4. The van der Waals surface area contributed by atoms with Crippen molar-refractivity contribution >= 4 is 12.0 Å². The van der Waals surface area contributed by atoms with Crippen molar-refractivity contribution in [2.24, 2.45) is 0 Å². The summed E-state index contributed by atoms with van der Waals surface area (Å²) in [5, 5.41) is 0. The Hall–Kier alpha value is -1.85. The van der Waals surface area contributed by atoms with Crippen molar-refractivity contribution in [2.45, 2.75) is 45.1 Å². The van der Waals surface area contributed by atoms with E-state index in [1.54, 1.807) is 13.2 Å². The van der Waals surface area contributed by atoms with Gasteiger partial charge in [-0.2, -0.15) is 0 Å². The Kier molecular flexibility index (Phi) is 7.30. The Bertz CT molecular complexity index is 645. The van der Waals surface area contributed by atoms with Crippen molar-refractivity contribution in [1.82, 2.24) is 9.80 Å². The minimum absolute atomic E-state index is 0.344. The lowest BCUT2D eigenvalue weighted by Gasteiger charge is -2.40. The average molecular weight is 373 g/mol. The highest BCUT2D eigenvalue weighted by atomic mass is 16.6. The molecule has 0 bridgehead atoms. The molecule has 0 amide bonds. The van der Waals surface area contributed by atoms with E-state index in [1.165, 1.54) is 52.1 Å². The molecule has 1 aromatic rings. The predicted molar refractivity (Wildman–Crippen MR) is 108 cm³/mol. The van der Waals surface area contributed by atoms with Crippen LogP contribution in [0.2, 0.25) is 0 Å². The largest absolute Gasteiger partial charge is 0.493 e. The number of hydrogen-bond acceptors (Lipinski definition) is 5. The van der Waals surface area contributed by atoms with Gasteiger partial charge in [-0.05, 0) is 30.5 Å². The van der Waals surface area contributed by atoms with Gasteiger partial charge in [-0.25, -0.2) is 0 Å². The molecule has 5 heteroatoms. The maximum atomic E-state index is 11.1. The van der Waals surface area contributed by atoms with Crippen molar-refractivity contribution in [1.29, 1.82) is 0 Å². The number of carbonyl (C=O) groups excluding carboxylic acids is 1. The van der Waals surface area contributed by atoms with Gasteiger partial charge in [-0.1, -0.05) is 37.5 Å². The number of benzene rings is 1. The summed E-state index contributed by atoms with van der Waals surface area (Å²) in [6, 6.07) is 6.45. The van der Waals surface area contributed by atoms with Gasteiger partial charge < -0.3 is 9.47 Å². The summed E-state index contributed by atoms with van der Waals surface area (Å²) < 4.78 is 10.5. The molecule has 1 saturated heterocycles. The Morgan fingerprint density at radius 2 is 1.85 bits per heavy atom.